The highest BCUT2D eigenvalue weighted by Gasteiger charge is 2.23. The fourth-order valence-corrected chi connectivity index (χ4v) is 6.07. The van der Waals surface area contributed by atoms with Crippen LogP contribution in [-0.2, 0) is 16.4 Å². The van der Waals surface area contributed by atoms with Crippen molar-refractivity contribution in [2.75, 3.05) is 25.4 Å². The number of aromatic nitrogens is 1. The number of rotatable bonds is 15. The highest BCUT2D eigenvalue weighted by Crippen LogP contribution is 2.31. The van der Waals surface area contributed by atoms with E-state index in [4.69, 9.17) is 9.84 Å². The van der Waals surface area contributed by atoms with Gasteiger partial charge in [0.15, 0.2) is 0 Å². The first-order chi connectivity index (χ1) is 20.3. The van der Waals surface area contributed by atoms with E-state index in [2.05, 4.69) is 27.2 Å². The third kappa shape index (κ3) is 11.6. The topological polar surface area (TPSA) is 138 Å². The van der Waals surface area contributed by atoms with E-state index in [0.717, 1.165) is 68.2 Å². The van der Waals surface area contributed by atoms with E-state index >= 15 is 0 Å². The SMILES string of the molecule is Cl.Cl.O=C(NS(=O)(=O)CCCO)c1ccc(-c2ccc(CCCNC[C@@H](O)c3cccnc3)cc2)cc1OC1CCCCC1. The number of aliphatic hydroxyl groups excluding tert-OH is 2. The predicted molar refractivity (Wildman–Crippen MR) is 177 cm³/mol. The highest BCUT2D eigenvalue weighted by molar-refractivity contribution is 7.90. The number of aryl methyl sites for hydroxylation is 1. The predicted octanol–water partition coefficient (Wildman–Crippen LogP) is 5.00. The van der Waals surface area contributed by atoms with Crippen molar-refractivity contribution in [3.8, 4) is 16.9 Å². The quantitative estimate of drug-likeness (QED) is 0.166. The summed E-state index contributed by atoms with van der Waals surface area (Å²) >= 11 is 0. The monoisotopic (exact) mass is 667 g/mol. The summed E-state index contributed by atoms with van der Waals surface area (Å²) in [5.41, 5.74) is 4.00. The minimum absolute atomic E-state index is 0. The van der Waals surface area contributed by atoms with Gasteiger partial charge in [-0.05, 0) is 86.4 Å². The molecule has 0 saturated heterocycles. The van der Waals surface area contributed by atoms with Crippen molar-refractivity contribution < 1.29 is 28.2 Å². The summed E-state index contributed by atoms with van der Waals surface area (Å²) in [5.74, 6) is -0.692. The van der Waals surface area contributed by atoms with Crippen LogP contribution < -0.4 is 14.8 Å². The van der Waals surface area contributed by atoms with Crippen molar-refractivity contribution in [2.45, 2.75) is 63.6 Å². The second-order valence-corrected chi connectivity index (χ2v) is 12.6. The Morgan fingerprint density at radius 2 is 1.73 bits per heavy atom. The minimum Gasteiger partial charge on any atom is -0.490 e. The van der Waals surface area contributed by atoms with Gasteiger partial charge in [-0.2, -0.15) is 0 Å². The maximum absolute atomic E-state index is 13.0. The van der Waals surface area contributed by atoms with Crippen LogP contribution in [0.2, 0.25) is 0 Å². The van der Waals surface area contributed by atoms with Crippen molar-refractivity contribution in [2.24, 2.45) is 0 Å². The molecule has 4 rings (SSSR count). The molecule has 12 heteroatoms. The molecule has 1 aliphatic carbocycles. The van der Waals surface area contributed by atoms with E-state index in [1.807, 2.05) is 30.3 Å². The van der Waals surface area contributed by atoms with Gasteiger partial charge in [0.2, 0.25) is 10.0 Å². The number of carbonyl (C=O) groups is 1. The van der Waals surface area contributed by atoms with Gasteiger partial charge in [-0.3, -0.25) is 9.78 Å². The molecular formula is C32H43Cl2N3O6S. The molecule has 242 valence electrons. The number of halogens is 2. The number of pyridine rings is 1. The molecule has 1 saturated carbocycles. The Balaban J connectivity index is 0.00000337. The maximum Gasteiger partial charge on any atom is 0.268 e. The summed E-state index contributed by atoms with van der Waals surface area (Å²) in [4.78, 5) is 17.0. The van der Waals surface area contributed by atoms with E-state index in [1.165, 1.54) is 5.56 Å². The highest BCUT2D eigenvalue weighted by atomic mass is 35.5. The molecule has 4 N–H and O–H groups in total. The molecule has 0 unspecified atom stereocenters. The van der Waals surface area contributed by atoms with Crippen molar-refractivity contribution in [1.29, 1.82) is 0 Å². The number of ether oxygens (including phenoxy) is 1. The summed E-state index contributed by atoms with van der Waals surface area (Å²) < 4.78 is 33.0. The number of nitrogens with zero attached hydrogens (tertiary/aromatic N) is 1. The third-order valence-electron chi connectivity index (χ3n) is 7.40. The number of hydrogen-bond donors (Lipinski definition) is 4. The van der Waals surface area contributed by atoms with Crippen LogP contribution in [0.4, 0.5) is 0 Å². The van der Waals surface area contributed by atoms with Crippen LogP contribution in [0.1, 0.15) is 72.5 Å². The molecule has 0 radical (unpaired) electrons. The van der Waals surface area contributed by atoms with E-state index in [0.29, 0.717) is 12.3 Å². The van der Waals surface area contributed by atoms with Gasteiger partial charge in [0.1, 0.15) is 5.75 Å². The number of benzene rings is 2. The molecule has 1 aromatic heterocycles. The van der Waals surface area contributed by atoms with Crippen LogP contribution in [0.15, 0.2) is 67.0 Å². The maximum atomic E-state index is 13.0. The fourth-order valence-electron chi connectivity index (χ4n) is 5.06. The summed E-state index contributed by atoms with van der Waals surface area (Å²) in [7, 11) is -3.87. The first kappa shape index (κ1) is 37.5. The Bertz CT molecular complexity index is 1390. The molecular weight excluding hydrogens is 625 g/mol. The summed E-state index contributed by atoms with van der Waals surface area (Å²) in [5, 5.41) is 22.5. The van der Waals surface area contributed by atoms with Crippen LogP contribution in [-0.4, -0.2) is 61.1 Å². The van der Waals surface area contributed by atoms with Gasteiger partial charge in [0.05, 0.1) is 23.5 Å². The number of amides is 1. The van der Waals surface area contributed by atoms with Crippen molar-refractivity contribution in [1.82, 2.24) is 15.0 Å². The molecule has 1 aliphatic rings. The molecule has 1 atom stereocenters. The second-order valence-electron chi connectivity index (χ2n) is 10.7. The summed E-state index contributed by atoms with van der Waals surface area (Å²) in [6.07, 6.45) is 9.68. The lowest BCUT2D eigenvalue weighted by atomic mass is 9.97. The first-order valence-electron chi connectivity index (χ1n) is 14.7. The average molecular weight is 669 g/mol. The fraction of sp³-hybridized carbons (Fsp3) is 0.438. The molecule has 3 aromatic rings. The molecule has 1 amide bonds. The standard InChI is InChI=1S/C32H41N3O6S.2ClH/c36-19-6-20-42(39,40)35-32(38)29-16-15-26(21-31(29)41-28-9-2-1-3-10-28)25-13-11-24(12-14-25)7-4-17-34-23-30(37)27-8-5-18-33-22-27;;/h5,8,11-16,18,21-22,28,30,34,36-37H,1-4,6-7,9-10,17,19-20,23H2,(H,35,38);2*1H/t30-;;/m1../s1. The molecule has 1 fully saturated rings. The van der Waals surface area contributed by atoms with Gasteiger partial charge < -0.3 is 20.3 Å². The Kier molecular flexibility index (Phi) is 16.1. The summed E-state index contributed by atoms with van der Waals surface area (Å²) in [6.45, 7) is 0.977. The summed E-state index contributed by atoms with van der Waals surface area (Å²) in [6, 6.07) is 17.1. The van der Waals surface area contributed by atoms with Crippen molar-refractivity contribution in [3.63, 3.8) is 0 Å². The van der Waals surface area contributed by atoms with E-state index in [1.54, 1.807) is 24.5 Å². The molecule has 0 aliphatic heterocycles. The van der Waals surface area contributed by atoms with Gasteiger partial charge >= 0.3 is 0 Å². The minimum atomic E-state index is -3.87. The Labute approximate surface area is 272 Å². The Hall–Kier alpha value is -2.73. The van der Waals surface area contributed by atoms with Crippen LogP contribution in [0.5, 0.6) is 5.75 Å². The van der Waals surface area contributed by atoms with E-state index < -0.39 is 22.0 Å². The Morgan fingerprint density at radius 3 is 2.41 bits per heavy atom. The zero-order valence-electron chi connectivity index (χ0n) is 24.7. The number of sulfonamides is 1. The lowest BCUT2D eigenvalue weighted by Gasteiger charge is -2.24. The van der Waals surface area contributed by atoms with Gasteiger partial charge in [0.25, 0.3) is 5.91 Å². The number of hydrogen-bond acceptors (Lipinski definition) is 8. The first-order valence-corrected chi connectivity index (χ1v) is 16.3. The van der Waals surface area contributed by atoms with Gasteiger partial charge in [-0.25, -0.2) is 13.1 Å². The molecule has 0 bridgehead atoms. The smallest absolute Gasteiger partial charge is 0.268 e. The number of nitrogens with one attached hydrogen (secondary N) is 2. The molecule has 9 nitrogen and oxygen atoms in total. The van der Waals surface area contributed by atoms with Gasteiger partial charge in [0, 0.05) is 31.1 Å². The van der Waals surface area contributed by atoms with Crippen LogP contribution >= 0.6 is 24.8 Å². The zero-order chi connectivity index (χ0) is 29.8. The largest absolute Gasteiger partial charge is 0.490 e. The van der Waals surface area contributed by atoms with E-state index in [-0.39, 0.29) is 55.3 Å². The third-order valence-corrected chi connectivity index (χ3v) is 8.73. The van der Waals surface area contributed by atoms with Gasteiger partial charge in [-0.15, -0.1) is 24.8 Å². The number of carbonyl (C=O) groups excluding carboxylic acids is 1. The van der Waals surface area contributed by atoms with Gasteiger partial charge in [-0.1, -0.05) is 42.8 Å². The second kappa shape index (κ2) is 18.9. The number of aliphatic hydroxyl groups is 2. The lowest BCUT2D eigenvalue weighted by Crippen LogP contribution is -2.33. The normalized spacial score (nSPS) is 14.1. The van der Waals surface area contributed by atoms with Crippen molar-refractivity contribution in [3.05, 3.63) is 83.7 Å². The molecule has 44 heavy (non-hydrogen) atoms. The van der Waals surface area contributed by atoms with Crippen LogP contribution in [0, 0.1) is 0 Å². The molecule has 2 aromatic carbocycles. The Morgan fingerprint density at radius 1 is 1.00 bits per heavy atom. The van der Waals surface area contributed by atoms with E-state index in [9.17, 15) is 18.3 Å². The zero-order valence-corrected chi connectivity index (χ0v) is 27.1. The molecule has 1 heterocycles. The lowest BCUT2D eigenvalue weighted by molar-refractivity contribution is 0.0969. The van der Waals surface area contributed by atoms with Crippen LogP contribution in [0.3, 0.4) is 0 Å². The average Bonchev–Trinajstić information content (AvgIpc) is 3.01. The molecule has 0 spiro atoms. The van der Waals surface area contributed by atoms with Crippen LogP contribution in [0.25, 0.3) is 11.1 Å². The van der Waals surface area contributed by atoms with Crippen molar-refractivity contribution >= 4 is 40.7 Å².